The second kappa shape index (κ2) is 12.5. The van der Waals surface area contributed by atoms with Crippen molar-refractivity contribution in [1.29, 1.82) is 5.53 Å². The molecule has 0 fully saturated rings. The van der Waals surface area contributed by atoms with E-state index in [4.69, 9.17) is 11.3 Å². The van der Waals surface area contributed by atoms with Crippen molar-refractivity contribution in [3.05, 3.63) is 59.7 Å². The zero-order valence-corrected chi connectivity index (χ0v) is 19.1. The predicted octanol–water partition coefficient (Wildman–Crippen LogP) is 4.79. The Hall–Kier alpha value is -3.35. The van der Waals surface area contributed by atoms with Gasteiger partial charge in [0.25, 0.3) is 0 Å². The molecule has 170 valence electrons. The quantitative estimate of drug-likeness (QED) is 0.164. The monoisotopic (exact) mass is 435 g/mol. The van der Waals surface area contributed by atoms with Gasteiger partial charge >= 0.3 is 0 Å². The standard InChI is InChI=1S/C25H33N5O2/c1-4-5-10-24(32)30(23(17-31)18(2)3)16-15-19-11-13-20(14-12-19)21-8-6-7-9-22(21)25(26)28-29-27/h6-9,11-14,17-18,23H,4-5,10,15-16H2,1-3H3,(H3,26,27,28). The summed E-state index contributed by atoms with van der Waals surface area (Å²) in [5.74, 6) is 0.298. The highest BCUT2D eigenvalue weighted by atomic mass is 16.2. The molecule has 0 saturated heterocycles. The summed E-state index contributed by atoms with van der Waals surface area (Å²) < 4.78 is 0. The van der Waals surface area contributed by atoms with Crippen molar-refractivity contribution < 1.29 is 9.59 Å². The first kappa shape index (κ1) is 24.9. The lowest BCUT2D eigenvalue weighted by Crippen LogP contribution is -2.45. The Bertz CT molecular complexity index is 938. The van der Waals surface area contributed by atoms with Gasteiger partial charge in [-0.1, -0.05) is 80.9 Å². The van der Waals surface area contributed by atoms with Gasteiger partial charge in [0.05, 0.1) is 6.04 Å². The molecule has 2 aromatic rings. The van der Waals surface area contributed by atoms with Crippen LogP contribution in [0.15, 0.2) is 58.9 Å². The van der Waals surface area contributed by atoms with Crippen LogP contribution in [-0.4, -0.2) is 35.5 Å². The normalized spacial score (nSPS) is 12.4. The van der Waals surface area contributed by atoms with Crippen LogP contribution < -0.4 is 5.73 Å². The lowest BCUT2D eigenvalue weighted by molar-refractivity contribution is -0.137. The molecule has 0 heterocycles. The fourth-order valence-corrected chi connectivity index (χ4v) is 3.67. The van der Waals surface area contributed by atoms with Gasteiger partial charge in [0.1, 0.15) is 6.29 Å². The summed E-state index contributed by atoms with van der Waals surface area (Å²) in [6.45, 7) is 6.49. The lowest BCUT2D eigenvalue weighted by Gasteiger charge is -2.31. The third kappa shape index (κ3) is 6.57. The molecule has 0 aliphatic rings. The van der Waals surface area contributed by atoms with Gasteiger partial charge in [0, 0.05) is 18.5 Å². The number of rotatable bonds is 12. The van der Waals surface area contributed by atoms with E-state index in [2.05, 4.69) is 17.2 Å². The molecule has 0 saturated carbocycles. The van der Waals surface area contributed by atoms with Crippen molar-refractivity contribution in [2.75, 3.05) is 6.54 Å². The van der Waals surface area contributed by atoms with E-state index >= 15 is 0 Å². The van der Waals surface area contributed by atoms with Crippen molar-refractivity contribution in [3.8, 4) is 11.1 Å². The van der Waals surface area contributed by atoms with Crippen molar-refractivity contribution in [3.63, 3.8) is 0 Å². The van der Waals surface area contributed by atoms with Crippen molar-refractivity contribution in [2.24, 2.45) is 22.0 Å². The van der Waals surface area contributed by atoms with Gasteiger partial charge in [-0.15, -0.1) is 5.10 Å². The van der Waals surface area contributed by atoms with E-state index in [1.54, 1.807) is 4.90 Å². The molecule has 2 rings (SSSR count). The third-order valence-electron chi connectivity index (χ3n) is 5.51. The largest absolute Gasteiger partial charge is 0.382 e. The summed E-state index contributed by atoms with van der Waals surface area (Å²) in [4.78, 5) is 26.2. The highest BCUT2D eigenvalue weighted by Crippen LogP contribution is 2.24. The number of hydrogen-bond donors (Lipinski definition) is 2. The zero-order valence-electron chi connectivity index (χ0n) is 19.1. The number of nitrogens with zero attached hydrogens (tertiary/aromatic N) is 3. The molecule has 3 N–H and O–H groups in total. The van der Waals surface area contributed by atoms with Crippen LogP contribution >= 0.6 is 0 Å². The van der Waals surface area contributed by atoms with Crippen molar-refractivity contribution >= 4 is 18.0 Å². The molecule has 0 aliphatic carbocycles. The number of amidine groups is 1. The number of carbonyl (C=O) groups excluding carboxylic acids is 2. The average Bonchev–Trinajstić information content (AvgIpc) is 2.80. The minimum Gasteiger partial charge on any atom is -0.382 e. The molecule has 2 aromatic carbocycles. The van der Waals surface area contributed by atoms with Gasteiger partial charge in [-0.2, -0.15) is 5.53 Å². The molecule has 7 heteroatoms. The van der Waals surface area contributed by atoms with Crippen LogP contribution in [0, 0.1) is 11.4 Å². The molecule has 1 atom stereocenters. The van der Waals surface area contributed by atoms with Crippen LogP contribution in [0.5, 0.6) is 0 Å². The topological polar surface area (TPSA) is 112 Å². The summed E-state index contributed by atoms with van der Waals surface area (Å²) in [5, 5.41) is 6.67. The maximum absolute atomic E-state index is 12.7. The van der Waals surface area contributed by atoms with Crippen LogP contribution in [0.25, 0.3) is 11.1 Å². The molecule has 0 radical (unpaired) electrons. The van der Waals surface area contributed by atoms with E-state index < -0.39 is 6.04 Å². The average molecular weight is 436 g/mol. The summed E-state index contributed by atoms with van der Waals surface area (Å²) in [5.41, 5.74) is 16.5. The van der Waals surface area contributed by atoms with E-state index in [-0.39, 0.29) is 17.7 Å². The van der Waals surface area contributed by atoms with E-state index in [0.29, 0.717) is 19.4 Å². The molecule has 1 unspecified atom stereocenters. The van der Waals surface area contributed by atoms with Crippen LogP contribution in [-0.2, 0) is 16.0 Å². The molecule has 0 aliphatic heterocycles. The van der Waals surface area contributed by atoms with Crippen LogP contribution in [0.3, 0.4) is 0 Å². The Morgan fingerprint density at radius 1 is 1.16 bits per heavy atom. The van der Waals surface area contributed by atoms with Gasteiger partial charge in [-0.05, 0) is 35.4 Å². The van der Waals surface area contributed by atoms with E-state index in [9.17, 15) is 9.59 Å². The minimum absolute atomic E-state index is 0.0396. The van der Waals surface area contributed by atoms with E-state index in [0.717, 1.165) is 41.4 Å². The fraction of sp³-hybridized carbons (Fsp3) is 0.400. The molecule has 0 spiro atoms. The van der Waals surface area contributed by atoms with Gasteiger partial charge < -0.3 is 15.4 Å². The van der Waals surface area contributed by atoms with Crippen LogP contribution in [0.4, 0.5) is 0 Å². The lowest BCUT2D eigenvalue weighted by atomic mass is 9.97. The third-order valence-corrected chi connectivity index (χ3v) is 5.51. The highest BCUT2D eigenvalue weighted by molar-refractivity contribution is 6.03. The molecular weight excluding hydrogens is 402 g/mol. The first-order valence-electron chi connectivity index (χ1n) is 11.1. The number of nitrogens with two attached hydrogens (primary N) is 1. The number of hydrogen-bond acceptors (Lipinski definition) is 4. The Labute approximate surface area is 190 Å². The van der Waals surface area contributed by atoms with Gasteiger partial charge in [-0.3, -0.25) is 4.79 Å². The smallest absolute Gasteiger partial charge is 0.223 e. The second-order valence-electron chi connectivity index (χ2n) is 8.14. The number of unbranched alkanes of at least 4 members (excludes halogenated alkanes) is 1. The van der Waals surface area contributed by atoms with Crippen molar-refractivity contribution in [1.82, 2.24) is 4.90 Å². The Morgan fingerprint density at radius 3 is 2.44 bits per heavy atom. The maximum Gasteiger partial charge on any atom is 0.223 e. The number of amides is 1. The van der Waals surface area contributed by atoms with E-state index in [1.807, 2.05) is 62.4 Å². The fourth-order valence-electron chi connectivity index (χ4n) is 3.67. The van der Waals surface area contributed by atoms with Gasteiger partial charge in [0.2, 0.25) is 5.91 Å². The summed E-state index contributed by atoms with van der Waals surface area (Å²) in [7, 11) is 0. The Balaban J connectivity index is 2.19. The number of benzene rings is 2. The summed E-state index contributed by atoms with van der Waals surface area (Å²) in [6, 6.07) is 15.2. The highest BCUT2D eigenvalue weighted by Gasteiger charge is 2.25. The zero-order chi connectivity index (χ0) is 23.5. The molecule has 0 aromatic heterocycles. The second-order valence-corrected chi connectivity index (χ2v) is 8.14. The summed E-state index contributed by atoms with van der Waals surface area (Å²) in [6.07, 6.45) is 3.80. The number of nitrogens with one attached hydrogen (secondary N) is 1. The molecule has 0 bridgehead atoms. The molecular formula is C25H33N5O2. The van der Waals surface area contributed by atoms with Gasteiger partial charge in [0.15, 0.2) is 5.84 Å². The minimum atomic E-state index is -0.407. The Morgan fingerprint density at radius 2 is 1.84 bits per heavy atom. The first-order valence-corrected chi connectivity index (χ1v) is 11.1. The molecule has 32 heavy (non-hydrogen) atoms. The molecule has 1 amide bonds. The number of carbonyl (C=O) groups is 2. The van der Waals surface area contributed by atoms with E-state index in [1.165, 1.54) is 0 Å². The number of aldehydes is 1. The van der Waals surface area contributed by atoms with Crippen molar-refractivity contribution in [2.45, 2.75) is 52.5 Å². The molecule has 7 nitrogen and oxygen atoms in total. The first-order chi connectivity index (χ1) is 15.4. The predicted molar refractivity (Wildman–Crippen MR) is 127 cm³/mol. The van der Waals surface area contributed by atoms with Crippen LogP contribution in [0.2, 0.25) is 0 Å². The van der Waals surface area contributed by atoms with Gasteiger partial charge in [-0.25, -0.2) is 0 Å². The maximum atomic E-state index is 12.7. The Kier molecular flexibility index (Phi) is 9.73. The summed E-state index contributed by atoms with van der Waals surface area (Å²) >= 11 is 0. The SMILES string of the molecule is CCCCC(=O)N(CCc1ccc(-c2ccccc2C(N)=NN=N)cc1)C(C=O)C(C)C. The van der Waals surface area contributed by atoms with Crippen LogP contribution in [0.1, 0.15) is 51.2 Å².